The van der Waals surface area contributed by atoms with Crippen LogP contribution >= 0.6 is 0 Å². The maximum atomic E-state index is 12.6. The van der Waals surface area contributed by atoms with Crippen molar-refractivity contribution in [1.82, 2.24) is 14.8 Å². The maximum Gasteiger partial charge on any atom is 0.410 e. The smallest absolute Gasteiger partial charge is 0.410 e. The van der Waals surface area contributed by atoms with E-state index < -0.39 is 5.60 Å². The monoisotopic (exact) mass is 597 g/mol. The zero-order valence-electron chi connectivity index (χ0n) is 25.4. The molecule has 0 spiro atoms. The van der Waals surface area contributed by atoms with E-state index in [1.807, 2.05) is 81.4 Å². The molecule has 4 aromatic rings. The number of carbonyl (C=O) groups excluding carboxylic acids is 2. The number of pyridine rings is 1. The first-order valence-electron chi connectivity index (χ1n) is 14.8. The molecule has 44 heavy (non-hydrogen) atoms. The molecule has 0 saturated carbocycles. The lowest BCUT2D eigenvalue weighted by molar-refractivity contribution is 0.0137. The third kappa shape index (κ3) is 8.61. The first-order chi connectivity index (χ1) is 21.2. The second-order valence-electron chi connectivity index (χ2n) is 11.6. The Hall–Kier alpha value is -4.83. The zero-order valence-corrected chi connectivity index (χ0v) is 25.4. The Morgan fingerprint density at radius 2 is 1.52 bits per heavy atom. The number of benzene rings is 3. The summed E-state index contributed by atoms with van der Waals surface area (Å²) in [6.45, 7) is 10.3. The van der Waals surface area contributed by atoms with E-state index in [1.54, 1.807) is 29.4 Å². The highest BCUT2D eigenvalue weighted by Gasteiger charge is 2.25. The lowest BCUT2D eigenvalue weighted by atomic mass is 10.1. The number of fused-ring (bicyclic) bond motifs is 1. The summed E-state index contributed by atoms with van der Waals surface area (Å²) in [6, 6.07) is 22.5. The zero-order chi connectivity index (χ0) is 30.9. The molecule has 5 rings (SSSR count). The van der Waals surface area contributed by atoms with Crippen molar-refractivity contribution in [2.75, 3.05) is 50.0 Å². The Kier molecular flexibility index (Phi) is 9.81. The summed E-state index contributed by atoms with van der Waals surface area (Å²) >= 11 is 0. The molecule has 230 valence electrons. The van der Waals surface area contributed by atoms with Gasteiger partial charge in [-0.3, -0.25) is 9.88 Å². The summed E-state index contributed by atoms with van der Waals surface area (Å²) in [6.07, 6.45) is 3.00. The molecule has 10 nitrogen and oxygen atoms in total. The number of hydrogen-bond donors (Lipinski definition) is 2. The Labute approximate surface area is 257 Å². The summed E-state index contributed by atoms with van der Waals surface area (Å²) in [7, 11) is 0. The highest BCUT2D eigenvalue weighted by atomic mass is 16.6. The van der Waals surface area contributed by atoms with E-state index in [-0.39, 0.29) is 12.1 Å². The fourth-order valence-corrected chi connectivity index (χ4v) is 4.84. The summed E-state index contributed by atoms with van der Waals surface area (Å²) in [4.78, 5) is 32.9. The van der Waals surface area contributed by atoms with Crippen LogP contribution in [0.15, 0.2) is 85.2 Å². The molecule has 1 fully saturated rings. The molecule has 1 aliphatic rings. The van der Waals surface area contributed by atoms with Crippen LogP contribution in [0.25, 0.3) is 10.8 Å². The second-order valence-corrected chi connectivity index (χ2v) is 11.6. The van der Waals surface area contributed by atoms with Crippen LogP contribution in [0.1, 0.15) is 26.3 Å². The fraction of sp³-hybridized carbons (Fsp3) is 0.324. The number of carbonyl (C=O) groups is 2. The van der Waals surface area contributed by atoms with Crippen LogP contribution in [0.3, 0.4) is 0 Å². The minimum Gasteiger partial charge on any atom is -0.492 e. The predicted octanol–water partition coefficient (Wildman–Crippen LogP) is 6.39. The summed E-state index contributed by atoms with van der Waals surface area (Å²) in [5, 5.41) is 7.52. The number of ether oxygens (including phenoxy) is 3. The third-order valence-corrected chi connectivity index (χ3v) is 7.09. The van der Waals surface area contributed by atoms with E-state index in [9.17, 15) is 9.59 Å². The maximum absolute atomic E-state index is 12.6. The van der Waals surface area contributed by atoms with Crippen molar-refractivity contribution in [3.8, 4) is 11.5 Å². The molecule has 0 radical (unpaired) electrons. The number of amides is 3. The number of nitrogens with zero attached hydrogens (tertiary/aromatic N) is 3. The van der Waals surface area contributed by atoms with Gasteiger partial charge in [0.15, 0.2) is 0 Å². The highest BCUT2D eigenvalue weighted by molar-refractivity contribution is 6.07. The molecular formula is C34H39N5O5. The van der Waals surface area contributed by atoms with Gasteiger partial charge in [-0.2, -0.15) is 0 Å². The number of piperazine rings is 1. The molecule has 2 N–H and O–H groups in total. The van der Waals surface area contributed by atoms with Crippen molar-refractivity contribution in [3.63, 3.8) is 0 Å². The second kappa shape index (κ2) is 14.1. The lowest BCUT2D eigenvalue weighted by Gasteiger charge is -2.35. The largest absolute Gasteiger partial charge is 0.492 e. The van der Waals surface area contributed by atoms with E-state index in [1.165, 1.54) is 0 Å². The Morgan fingerprint density at radius 1 is 0.818 bits per heavy atom. The van der Waals surface area contributed by atoms with Crippen molar-refractivity contribution in [1.29, 1.82) is 0 Å². The first-order valence-corrected chi connectivity index (χ1v) is 14.8. The van der Waals surface area contributed by atoms with Crippen molar-refractivity contribution >= 4 is 34.3 Å². The minimum atomic E-state index is -0.483. The van der Waals surface area contributed by atoms with Crippen LogP contribution in [0.5, 0.6) is 11.5 Å². The van der Waals surface area contributed by atoms with Gasteiger partial charge in [0.05, 0.1) is 5.69 Å². The molecule has 2 heterocycles. The van der Waals surface area contributed by atoms with Crippen LogP contribution < -0.4 is 20.1 Å². The molecule has 0 unspecified atom stereocenters. The molecule has 1 aliphatic heterocycles. The minimum absolute atomic E-state index is 0.249. The topological polar surface area (TPSA) is 105 Å². The van der Waals surface area contributed by atoms with Crippen LogP contribution in [-0.2, 0) is 11.3 Å². The Bertz CT molecular complexity index is 1550. The highest BCUT2D eigenvalue weighted by Crippen LogP contribution is 2.32. The van der Waals surface area contributed by atoms with Crippen LogP contribution in [0.4, 0.5) is 21.0 Å². The molecule has 0 aliphatic carbocycles. The SMILES string of the molecule is CC(C)(C)OC(=O)N1CCN(CCOc2ccc(COc3ccc(NC(=O)Nc4ccncc4)c4ccccc34)cc2)CC1. The molecule has 3 amide bonds. The summed E-state index contributed by atoms with van der Waals surface area (Å²) < 4.78 is 17.6. The van der Waals surface area contributed by atoms with Gasteiger partial charge >= 0.3 is 12.1 Å². The van der Waals surface area contributed by atoms with Gasteiger partial charge in [-0.15, -0.1) is 0 Å². The molecular weight excluding hydrogens is 558 g/mol. The number of urea groups is 1. The molecule has 3 aromatic carbocycles. The van der Waals surface area contributed by atoms with Gasteiger partial charge in [-0.25, -0.2) is 9.59 Å². The number of aromatic nitrogens is 1. The lowest BCUT2D eigenvalue weighted by Crippen LogP contribution is -2.50. The number of anilines is 2. The number of nitrogens with one attached hydrogen (secondary N) is 2. The Balaban J connectivity index is 1.08. The van der Waals surface area contributed by atoms with Crippen LogP contribution in [0, 0.1) is 0 Å². The number of rotatable bonds is 9. The normalized spacial score (nSPS) is 13.8. The molecule has 1 saturated heterocycles. The van der Waals surface area contributed by atoms with Crippen LogP contribution in [0.2, 0.25) is 0 Å². The average Bonchev–Trinajstić information content (AvgIpc) is 3.01. The average molecular weight is 598 g/mol. The summed E-state index contributed by atoms with van der Waals surface area (Å²) in [5.74, 6) is 1.53. The van der Waals surface area contributed by atoms with Crippen molar-refractivity contribution < 1.29 is 23.8 Å². The van der Waals surface area contributed by atoms with Crippen LogP contribution in [-0.4, -0.2) is 71.8 Å². The third-order valence-electron chi connectivity index (χ3n) is 7.09. The number of hydrogen-bond acceptors (Lipinski definition) is 7. The Morgan fingerprint density at radius 3 is 2.23 bits per heavy atom. The quantitative estimate of drug-likeness (QED) is 0.230. The first kappa shape index (κ1) is 30.6. The van der Waals surface area contributed by atoms with Gasteiger partial charge < -0.3 is 29.7 Å². The van der Waals surface area contributed by atoms with Gasteiger partial charge in [0.1, 0.15) is 30.3 Å². The standard InChI is InChI=1S/C34H39N5O5/c1-34(2,3)44-33(41)39-20-18-38(19-21-39)22-23-42-27-10-8-25(9-11-27)24-43-31-13-12-30(28-6-4-5-7-29(28)31)37-32(40)36-26-14-16-35-17-15-26/h4-17H,18-24H2,1-3H3,(H2,35,36,37,40). The van der Waals surface area contributed by atoms with E-state index in [2.05, 4.69) is 20.5 Å². The fourth-order valence-electron chi connectivity index (χ4n) is 4.84. The van der Waals surface area contributed by atoms with E-state index in [0.29, 0.717) is 37.7 Å². The van der Waals surface area contributed by atoms with Crippen molar-refractivity contribution in [3.05, 3.63) is 90.8 Å². The van der Waals surface area contributed by atoms with E-state index in [4.69, 9.17) is 14.2 Å². The molecule has 1 aromatic heterocycles. The van der Waals surface area contributed by atoms with Crippen molar-refractivity contribution in [2.24, 2.45) is 0 Å². The van der Waals surface area contributed by atoms with E-state index in [0.717, 1.165) is 47.5 Å². The van der Waals surface area contributed by atoms with Gasteiger partial charge in [-0.1, -0.05) is 36.4 Å². The molecule has 10 heteroatoms. The van der Waals surface area contributed by atoms with Gasteiger partial charge in [0, 0.05) is 61.6 Å². The summed E-state index contributed by atoms with van der Waals surface area (Å²) in [5.41, 5.74) is 1.88. The van der Waals surface area contributed by atoms with E-state index >= 15 is 0 Å². The van der Waals surface area contributed by atoms with Gasteiger partial charge in [-0.05, 0) is 62.7 Å². The predicted molar refractivity (Wildman–Crippen MR) is 171 cm³/mol. The van der Waals surface area contributed by atoms with Gasteiger partial charge in [0.25, 0.3) is 0 Å². The van der Waals surface area contributed by atoms with Crippen molar-refractivity contribution in [2.45, 2.75) is 33.0 Å². The molecule has 0 bridgehead atoms. The van der Waals surface area contributed by atoms with Gasteiger partial charge in [0.2, 0.25) is 0 Å². The molecule has 0 atom stereocenters.